The van der Waals surface area contributed by atoms with Crippen LogP contribution in [0.2, 0.25) is 0 Å². The summed E-state index contributed by atoms with van der Waals surface area (Å²) in [7, 11) is 4.84. The van der Waals surface area contributed by atoms with Crippen LogP contribution in [0, 0.1) is 0 Å². The number of benzene rings is 2. The Bertz CT molecular complexity index is 1010. The summed E-state index contributed by atoms with van der Waals surface area (Å²) >= 11 is 1.37. The maximum atomic E-state index is 12.6. The highest BCUT2D eigenvalue weighted by Gasteiger charge is 2.16. The fraction of sp³-hybridized carbons (Fsp3) is 0.273. The van der Waals surface area contributed by atoms with Gasteiger partial charge < -0.3 is 19.5 Å². The summed E-state index contributed by atoms with van der Waals surface area (Å²) in [5, 5.41) is 3.74. The topological polar surface area (TPSA) is 74.6 Å². The molecule has 0 aliphatic carbocycles. The van der Waals surface area contributed by atoms with Crippen LogP contribution in [0.1, 0.15) is 18.5 Å². The van der Waals surface area contributed by atoms with E-state index in [1.165, 1.54) is 11.8 Å². The molecule has 158 valence electrons. The van der Waals surface area contributed by atoms with Gasteiger partial charge in [-0.3, -0.25) is 9.36 Å². The summed E-state index contributed by atoms with van der Waals surface area (Å²) in [6, 6.07) is 13.0. The number of hydrogen-bond donors (Lipinski definition) is 1. The summed E-state index contributed by atoms with van der Waals surface area (Å²) < 4.78 is 17.9. The van der Waals surface area contributed by atoms with E-state index in [2.05, 4.69) is 10.3 Å². The Morgan fingerprint density at radius 2 is 1.87 bits per heavy atom. The molecule has 1 aromatic heterocycles. The number of carbonyl (C=O) groups excluding carboxylic acids is 1. The number of rotatable bonds is 9. The van der Waals surface area contributed by atoms with Crippen LogP contribution < -0.4 is 19.5 Å². The number of ether oxygens (including phenoxy) is 3. The fourth-order valence-electron chi connectivity index (χ4n) is 3.02. The number of nitrogens with one attached hydrogen (secondary N) is 1. The predicted octanol–water partition coefficient (Wildman–Crippen LogP) is 3.87. The quantitative estimate of drug-likeness (QED) is 0.523. The van der Waals surface area contributed by atoms with Crippen molar-refractivity contribution in [3.63, 3.8) is 0 Å². The molecule has 0 radical (unpaired) electrons. The number of carbonyl (C=O) groups is 1. The fourth-order valence-corrected chi connectivity index (χ4v) is 3.81. The lowest BCUT2D eigenvalue weighted by atomic mass is 10.1. The van der Waals surface area contributed by atoms with Crippen LogP contribution in [0.4, 0.5) is 0 Å². The standard InChI is InChI=1S/C22H25N3O4S/c1-15(19-13-18(28-3)8-9-20(19)29-4)24-21(26)14-30-22-23-10-11-25(22)16-6-5-7-17(12-16)27-2/h5-13,15H,14H2,1-4H3,(H,24,26). The molecule has 1 amide bonds. The van der Waals surface area contributed by atoms with Crippen LogP contribution in [0.3, 0.4) is 0 Å². The third kappa shape index (κ3) is 5.07. The highest BCUT2D eigenvalue weighted by Crippen LogP contribution is 2.29. The minimum Gasteiger partial charge on any atom is -0.497 e. The third-order valence-electron chi connectivity index (χ3n) is 4.55. The second-order valence-corrected chi connectivity index (χ2v) is 7.41. The lowest BCUT2D eigenvalue weighted by molar-refractivity contribution is -0.119. The third-order valence-corrected chi connectivity index (χ3v) is 5.52. The van der Waals surface area contributed by atoms with Gasteiger partial charge in [-0.2, -0.15) is 0 Å². The average molecular weight is 428 g/mol. The first kappa shape index (κ1) is 21.6. The van der Waals surface area contributed by atoms with Crippen molar-refractivity contribution in [3.8, 4) is 22.9 Å². The number of amides is 1. The summed E-state index contributed by atoms with van der Waals surface area (Å²) in [6.07, 6.45) is 3.57. The lowest BCUT2D eigenvalue weighted by Crippen LogP contribution is -2.28. The van der Waals surface area contributed by atoms with Crippen molar-refractivity contribution < 1.29 is 19.0 Å². The van der Waals surface area contributed by atoms with Crippen molar-refractivity contribution in [1.82, 2.24) is 14.9 Å². The Labute approximate surface area is 180 Å². The normalized spacial score (nSPS) is 11.6. The second kappa shape index (κ2) is 10.1. The SMILES string of the molecule is COc1cccc(-n2ccnc2SCC(=O)NC(C)c2cc(OC)ccc2OC)c1. The Morgan fingerprint density at radius 3 is 2.60 bits per heavy atom. The van der Waals surface area contributed by atoms with Crippen molar-refractivity contribution in [2.24, 2.45) is 0 Å². The van der Waals surface area contributed by atoms with Gasteiger partial charge in [0, 0.05) is 24.0 Å². The molecule has 1 heterocycles. The van der Waals surface area contributed by atoms with Crippen molar-refractivity contribution in [3.05, 3.63) is 60.4 Å². The van der Waals surface area contributed by atoms with Crippen molar-refractivity contribution in [1.29, 1.82) is 0 Å². The Balaban J connectivity index is 1.65. The smallest absolute Gasteiger partial charge is 0.230 e. The monoisotopic (exact) mass is 427 g/mol. The van der Waals surface area contributed by atoms with Crippen LogP contribution in [0.5, 0.6) is 17.2 Å². The van der Waals surface area contributed by atoms with E-state index in [0.717, 1.165) is 22.2 Å². The number of thioether (sulfide) groups is 1. The van der Waals surface area contributed by atoms with Crippen LogP contribution in [0.15, 0.2) is 60.0 Å². The lowest BCUT2D eigenvalue weighted by Gasteiger charge is -2.18. The van der Waals surface area contributed by atoms with Gasteiger partial charge in [0.2, 0.25) is 5.91 Å². The molecule has 1 atom stereocenters. The molecule has 8 heteroatoms. The Hall–Kier alpha value is -3.13. The molecule has 3 rings (SSSR count). The van der Waals surface area contributed by atoms with E-state index in [-0.39, 0.29) is 17.7 Å². The van der Waals surface area contributed by atoms with Gasteiger partial charge in [-0.05, 0) is 37.3 Å². The van der Waals surface area contributed by atoms with E-state index in [1.54, 1.807) is 27.5 Å². The van der Waals surface area contributed by atoms with Gasteiger partial charge in [-0.25, -0.2) is 4.98 Å². The van der Waals surface area contributed by atoms with E-state index in [4.69, 9.17) is 14.2 Å². The number of hydrogen-bond acceptors (Lipinski definition) is 6. The van der Waals surface area contributed by atoms with E-state index in [0.29, 0.717) is 11.5 Å². The highest BCUT2D eigenvalue weighted by atomic mass is 32.2. The molecule has 0 saturated carbocycles. The number of imidazole rings is 1. The van der Waals surface area contributed by atoms with E-state index in [1.807, 2.05) is 60.2 Å². The molecule has 3 aromatic rings. The van der Waals surface area contributed by atoms with Gasteiger partial charge in [0.25, 0.3) is 0 Å². The first-order valence-electron chi connectivity index (χ1n) is 9.37. The molecule has 0 aliphatic rings. The zero-order valence-corrected chi connectivity index (χ0v) is 18.2. The largest absolute Gasteiger partial charge is 0.497 e. The van der Waals surface area contributed by atoms with E-state index >= 15 is 0 Å². The first-order chi connectivity index (χ1) is 14.5. The van der Waals surface area contributed by atoms with Gasteiger partial charge in [0.1, 0.15) is 17.2 Å². The van der Waals surface area contributed by atoms with Crippen LogP contribution >= 0.6 is 11.8 Å². The van der Waals surface area contributed by atoms with Crippen molar-refractivity contribution in [2.45, 2.75) is 18.1 Å². The van der Waals surface area contributed by atoms with Crippen molar-refractivity contribution >= 4 is 17.7 Å². The van der Waals surface area contributed by atoms with Crippen LogP contribution in [0.25, 0.3) is 5.69 Å². The molecule has 0 saturated heterocycles. The number of nitrogens with zero attached hydrogens (tertiary/aromatic N) is 2. The molecule has 7 nitrogen and oxygen atoms in total. The minimum absolute atomic E-state index is 0.0995. The summed E-state index contributed by atoms with van der Waals surface area (Å²) in [6.45, 7) is 1.91. The molecule has 2 aromatic carbocycles. The van der Waals surface area contributed by atoms with Gasteiger partial charge in [-0.1, -0.05) is 17.8 Å². The molecule has 0 spiro atoms. The molecule has 30 heavy (non-hydrogen) atoms. The minimum atomic E-state index is -0.235. The van der Waals surface area contributed by atoms with Gasteiger partial charge >= 0.3 is 0 Å². The van der Waals surface area contributed by atoms with Gasteiger partial charge in [0.15, 0.2) is 5.16 Å². The zero-order valence-electron chi connectivity index (χ0n) is 17.4. The van der Waals surface area contributed by atoms with Crippen LogP contribution in [-0.4, -0.2) is 42.5 Å². The summed E-state index contributed by atoms with van der Waals surface area (Å²) in [5.74, 6) is 2.30. The Morgan fingerprint density at radius 1 is 1.10 bits per heavy atom. The molecule has 1 unspecified atom stereocenters. The first-order valence-corrected chi connectivity index (χ1v) is 10.4. The number of aromatic nitrogens is 2. The molecular formula is C22H25N3O4S. The predicted molar refractivity (Wildman–Crippen MR) is 117 cm³/mol. The van der Waals surface area contributed by atoms with Gasteiger partial charge in [0.05, 0.1) is 38.8 Å². The summed E-state index contributed by atoms with van der Waals surface area (Å²) in [4.78, 5) is 16.9. The number of methoxy groups -OCH3 is 3. The summed E-state index contributed by atoms with van der Waals surface area (Å²) in [5.41, 5.74) is 1.78. The molecule has 1 N–H and O–H groups in total. The van der Waals surface area contributed by atoms with E-state index < -0.39 is 0 Å². The molecular weight excluding hydrogens is 402 g/mol. The molecule has 0 bridgehead atoms. The maximum absolute atomic E-state index is 12.6. The van der Waals surface area contributed by atoms with Crippen LogP contribution in [-0.2, 0) is 4.79 Å². The van der Waals surface area contributed by atoms with Gasteiger partial charge in [-0.15, -0.1) is 0 Å². The van der Waals surface area contributed by atoms with E-state index in [9.17, 15) is 4.79 Å². The Kier molecular flexibility index (Phi) is 7.24. The van der Waals surface area contributed by atoms with Crippen molar-refractivity contribution in [2.75, 3.05) is 27.1 Å². The average Bonchev–Trinajstić information content (AvgIpc) is 3.26. The maximum Gasteiger partial charge on any atom is 0.230 e. The molecule has 0 aliphatic heterocycles. The second-order valence-electron chi connectivity index (χ2n) is 6.47. The molecule has 0 fully saturated rings. The zero-order chi connectivity index (χ0) is 21.5. The highest BCUT2D eigenvalue weighted by molar-refractivity contribution is 7.99.